The van der Waals surface area contributed by atoms with Crippen molar-refractivity contribution in [2.75, 3.05) is 13.7 Å². The van der Waals surface area contributed by atoms with Crippen LogP contribution in [0.25, 0.3) is 5.76 Å². The molecule has 0 aliphatic carbocycles. The zero-order valence-corrected chi connectivity index (χ0v) is 9.12. The van der Waals surface area contributed by atoms with E-state index in [4.69, 9.17) is 9.47 Å². The maximum absolute atomic E-state index is 9.35. The molecule has 0 aliphatic rings. The normalized spacial score (nSPS) is 9.73. The third-order valence-electron chi connectivity index (χ3n) is 1.96. The summed E-state index contributed by atoms with van der Waals surface area (Å²) in [5.74, 6) is 1.30. The highest BCUT2D eigenvalue weighted by atomic mass is 16.5. The Morgan fingerprint density at radius 3 is 2.73 bits per heavy atom. The summed E-state index contributed by atoms with van der Waals surface area (Å²) in [6.07, 6.45) is 0.911. The van der Waals surface area contributed by atoms with Gasteiger partial charge in [-0.1, -0.05) is 13.5 Å². The average molecular weight is 208 g/mol. The van der Waals surface area contributed by atoms with Crippen molar-refractivity contribution in [3.05, 3.63) is 30.3 Å². The molecule has 3 nitrogen and oxygen atoms in total. The van der Waals surface area contributed by atoms with Crippen LogP contribution in [-0.4, -0.2) is 18.8 Å². The Morgan fingerprint density at radius 1 is 1.47 bits per heavy atom. The molecule has 0 aliphatic heterocycles. The molecule has 82 valence electrons. The average Bonchev–Trinajstić information content (AvgIpc) is 2.25. The van der Waals surface area contributed by atoms with Crippen molar-refractivity contribution >= 4 is 5.76 Å². The van der Waals surface area contributed by atoms with E-state index in [1.54, 1.807) is 25.3 Å². The van der Waals surface area contributed by atoms with Gasteiger partial charge in [0.05, 0.1) is 19.3 Å². The van der Waals surface area contributed by atoms with E-state index in [0.717, 1.165) is 6.42 Å². The van der Waals surface area contributed by atoms with Gasteiger partial charge in [0.2, 0.25) is 0 Å². The van der Waals surface area contributed by atoms with Crippen LogP contribution in [0.15, 0.2) is 24.8 Å². The van der Waals surface area contributed by atoms with Crippen LogP contribution < -0.4 is 9.47 Å². The van der Waals surface area contributed by atoms with Crippen molar-refractivity contribution < 1.29 is 14.6 Å². The fourth-order valence-corrected chi connectivity index (χ4v) is 1.20. The molecule has 0 spiro atoms. The van der Waals surface area contributed by atoms with Crippen molar-refractivity contribution in [3.8, 4) is 11.5 Å². The molecule has 0 unspecified atom stereocenters. The fraction of sp³-hybridized carbons (Fsp3) is 0.333. The van der Waals surface area contributed by atoms with E-state index in [0.29, 0.717) is 23.7 Å². The number of benzene rings is 1. The summed E-state index contributed by atoms with van der Waals surface area (Å²) in [6.45, 7) is 6.11. The van der Waals surface area contributed by atoms with E-state index < -0.39 is 0 Å². The second-order valence-corrected chi connectivity index (χ2v) is 3.16. The molecule has 0 saturated heterocycles. The van der Waals surface area contributed by atoms with Gasteiger partial charge in [-0.15, -0.1) is 0 Å². The molecule has 0 bridgehead atoms. The van der Waals surface area contributed by atoms with E-state index in [1.165, 1.54) is 0 Å². The lowest BCUT2D eigenvalue weighted by atomic mass is 10.1. The Morgan fingerprint density at radius 2 is 2.20 bits per heavy atom. The van der Waals surface area contributed by atoms with Gasteiger partial charge in [0.25, 0.3) is 0 Å². The second-order valence-electron chi connectivity index (χ2n) is 3.16. The van der Waals surface area contributed by atoms with Gasteiger partial charge in [-0.25, -0.2) is 0 Å². The smallest absolute Gasteiger partial charge is 0.133 e. The van der Waals surface area contributed by atoms with Crippen LogP contribution in [0.3, 0.4) is 0 Å². The summed E-state index contributed by atoms with van der Waals surface area (Å²) in [4.78, 5) is 0. The molecule has 0 radical (unpaired) electrons. The van der Waals surface area contributed by atoms with Crippen molar-refractivity contribution in [1.29, 1.82) is 0 Å². The molecule has 0 atom stereocenters. The van der Waals surface area contributed by atoms with Gasteiger partial charge in [0.15, 0.2) is 0 Å². The summed E-state index contributed by atoms with van der Waals surface area (Å²) < 4.78 is 10.6. The molecular weight excluding hydrogens is 192 g/mol. The highest BCUT2D eigenvalue weighted by molar-refractivity contribution is 5.64. The minimum absolute atomic E-state index is 0.00348. The Labute approximate surface area is 90.0 Å². The van der Waals surface area contributed by atoms with Gasteiger partial charge in [-0.2, -0.15) is 0 Å². The molecule has 1 aromatic carbocycles. The van der Waals surface area contributed by atoms with Crippen LogP contribution in [0.2, 0.25) is 0 Å². The van der Waals surface area contributed by atoms with Crippen LogP contribution >= 0.6 is 0 Å². The van der Waals surface area contributed by atoms with Gasteiger partial charge in [0.1, 0.15) is 17.3 Å². The first kappa shape index (κ1) is 11.4. The zero-order valence-electron chi connectivity index (χ0n) is 9.12. The second kappa shape index (κ2) is 5.29. The van der Waals surface area contributed by atoms with E-state index in [-0.39, 0.29) is 5.76 Å². The predicted octanol–water partition coefficient (Wildman–Crippen LogP) is 3.01. The zero-order chi connectivity index (χ0) is 11.3. The van der Waals surface area contributed by atoms with Crippen molar-refractivity contribution in [3.63, 3.8) is 0 Å². The summed E-state index contributed by atoms with van der Waals surface area (Å²) >= 11 is 0. The number of methoxy groups -OCH3 is 1. The maximum Gasteiger partial charge on any atom is 0.133 e. The first-order valence-electron chi connectivity index (χ1n) is 4.88. The fourth-order valence-electron chi connectivity index (χ4n) is 1.20. The topological polar surface area (TPSA) is 38.7 Å². The molecule has 0 amide bonds. The molecule has 0 aromatic heterocycles. The number of hydrogen-bond donors (Lipinski definition) is 1. The number of hydrogen-bond acceptors (Lipinski definition) is 3. The van der Waals surface area contributed by atoms with Crippen LogP contribution in [0.5, 0.6) is 11.5 Å². The SMILES string of the molecule is C=C(O)c1ccc(OC)cc1OCCC. The number of aliphatic hydroxyl groups is 1. The summed E-state index contributed by atoms with van der Waals surface area (Å²) in [5, 5.41) is 9.35. The third-order valence-corrected chi connectivity index (χ3v) is 1.96. The highest BCUT2D eigenvalue weighted by Crippen LogP contribution is 2.28. The lowest BCUT2D eigenvalue weighted by molar-refractivity contribution is 0.312. The molecule has 1 aromatic rings. The minimum atomic E-state index is 0.00348. The van der Waals surface area contributed by atoms with E-state index in [9.17, 15) is 5.11 Å². The first-order chi connectivity index (χ1) is 7.19. The first-order valence-corrected chi connectivity index (χ1v) is 4.88. The number of rotatable bonds is 5. The van der Waals surface area contributed by atoms with Crippen LogP contribution in [0.1, 0.15) is 18.9 Å². The number of ether oxygens (including phenoxy) is 2. The van der Waals surface area contributed by atoms with Gasteiger partial charge in [-0.3, -0.25) is 0 Å². The van der Waals surface area contributed by atoms with E-state index in [1.807, 2.05) is 6.92 Å². The summed E-state index contributed by atoms with van der Waals surface area (Å²) in [7, 11) is 1.59. The summed E-state index contributed by atoms with van der Waals surface area (Å²) in [5.41, 5.74) is 0.601. The maximum atomic E-state index is 9.35. The van der Waals surface area contributed by atoms with Gasteiger partial charge in [-0.05, 0) is 18.6 Å². The largest absolute Gasteiger partial charge is 0.508 e. The van der Waals surface area contributed by atoms with Crippen LogP contribution in [0.4, 0.5) is 0 Å². The van der Waals surface area contributed by atoms with E-state index >= 15 is 0 Å². The predicted molar refractivity (Wildman–Crippen MR) is 60.4 cm³/mol. The lowest BCUT2D eigenvalue weighted by Gasteiger charge is -2.11. The lowest BCUT2D eigenvalue weighted by Crippen LogP contribution is -1.99. The van der Waals surface area contributed by atoms with Crippen molar-refractivity contribution in [2.45, 2.75) is 13.3 Å². The standard InChI is InChI=1S/C12H16O3/c1-4-7-15-12-8-10(14-3)5-6-11(12)9(2)13/h5-6,8,13H,2,4,7H2,1,3H3. The molecule has 0 saturated carbocycles. The molecule has 1 rings (SSSR count). The monoisotopic (exact) mass is 208 g/mol. The Balaban J connectivity index is 2.99. The van der Waals surface area contributed by atoms with Gasteiger partial charge in [0, 0.05) is 6.07 Å². The quantitative estimate of drug-likeness (QED) is 0.756. The Kier molecular flexibility index (Phi) is 4.03. The van der Waals surface area contributed by atoms with Crippen molar-refractivity contribution in [2.24, 2.45) is 0 Å². The molecule has 1 N–H and O–H groups in total. The number of aliphatic hydroxyl groups excluding tert-OH is 1. The molecule has 15 heavy (non-hydrogen) atoms. The Hall–Kier alpha value is -1.64. The Bertz CT molecular complexity index is 345. The van der Waals surface area contributed by atoms with E-state index in [2.05, 4.69) is 6.58 Å². The van der Waals surface area contributed by atoms with Gasteiger partial charge < -0.3 is 14.6 Å². The summed E-state index contributed by atoms with van der Waals surface area (Å²) in [6, 6.07) is 5.23. The third kappa shape index (κ3) is 2.91. The molecular formula is C12H16O3. The minimum Gasteiger partial charge on any atom is -0.508 e. The van der Waals surface area contributed by atoms with Crippen molar-refractivity contribution in [1.82, 2.24) is 0 Å². The molecule has 0 fully saturated rings. The van der Waals surface area contributed by atoms with Gasteiger partial charge >= 0.3 is 0 Å². The molecule has 0 heterocycles. The molecule has 3 heteroatoms. The highest BCUT2D eigenvalue weighted by Gasteiger charge is 2.07. The van der Waals surface area contributed by atoms with Crippen LogP contribution in [0, 0.1) is 0 Å². The van der Waals surface area contributed by atoms with Crippen LogP contribution in [-0.2, 0) is 0 Å².